The first-order valence-electron chi connectivity index (χ1n) is 11.5. The fourth-order valence-corrected chi connectivity index (χ4v) is 6.48. The van der Waals surface area contributed by atoms with Crippen LogP contribution < -0.4 is 10.6 Å². The minimum absolute atomic E-state index is 0.00856. The zero-order valence-electron chi connectivity index (χ0n) is 18.6. The van der Waals surface area contributed by atoms with Crippen LogP contribution in [0.4, 0.5) is 8.78 Å². The van der Waals surface area contributed by atoms with Gasteiger partial charge in [-0.2, -0.15) is 0 Å². The van der Waals surface area contributed by atoms with E-state index in [9.17, 15) is 14.7 Å². The van der Waals surface area contributed by atoms with Crippen LogP contribution >= 0.6 is 23.2 Å². The van der Waals surface area contributed by atoms with Gasteiger partial charge in [0.2, 0.25) is 12.3 Å². The summed E-state index contributed by atoms with van der Waals surface area (Å²) in [6.45, 7) is 0. The molecule has 0 spiro atoms. The third kappa shape index (κ3) is 4.40. The summed E-state index contributed by atoms with van der Waals surface area (Å²) in [5, 5.41) is 23.1. The van der Waals surface area contributed by atoms with Gasteiger partial charge in [0.05, 0.1) is 28.2 Å². The normalized spacial score (nSPS) is 32.5. The number of amides is 2. The van der Waals surface area contributed by atoms with Gasteiger partial charge in [0.15, 0.2) is 0 Å². The molecule has 3 aliphatic rings. The lowest BCUT2D eigenvalue weighted by atomic mass is 9.74. The van der Waals surface area contributed by atoms with E-state index < -0.39 is 52.8 Å². The maximum atomic E-state index is 15.1. The molecule has 35 heavy (non-hydrogen) atoms. The summed E-state index contributed by atoms with van der Waals surface area (Å²) in [5.74, 6) is -2.65. The van der Waals surface area contributed by atoms with Crippen LogP contribution in [0.5, 0.6) is 0 Å². The van der Waals surface area contributed by atoms with Gasteiger partial charge in [0.1, 0.15) is 11.5 Å². The third-order valence-electron chi connectivity index (χ3n) is 7.85. The number of aliphatic hydroxyl groups excluding tert-OH is 1. The number of carbonyl (C=O) groups is 2. The number of carbonyl (C=O) groups excluding carboxylic acids is 2. The zero-order valence-corrected chi connectivity index (χ0v) is 20.1. The quantitative estimate of drug-likeness (QED) is 0.489. The molecule has 0 radical (unpaired) electrons. The van der Waals surface area contributed by atoms with Crippen molar-refractivity contribution >= 4 is 35.0 Å². The highest BCUT2D eigenvalue weighted by molar-refractivity contribution is 6.42. The average molecular weight is 529 g/mol. The first-order valence-corrected chi connectivity index (χ1v) is 12.2. The van der Waals surface area contributed by atoms with E-state index in [0.717, 1.165) is 6.39 Å². The minimum atomic E-state index is -1.34. The van der Waals surface area contributed by atoms with Gasteiger partial charge < -0.3 is 20.2 Å². The van der Waals surface area contributed by atoms with Crippen LogP contribution in [-0.4, -0.2) is 44.9 Å². The van der Waals surface area contributed by atoms with Crippen molar-refractivity contribution in [1.29, 1.82) is 0 Å². The van der Waals surface area contributed by atoms with Gasteiger partial charge >= 0.3 is 11.8 Å². The largest absolute Gasteiger partial charge is 0.420 e. The van der Waals surface area contributed by atoms with Crippen LogP contribution in [0.15, 0.2) is 22.9 Å². The van der Waals surface area contributed by atoms with Crippen molar-refractivity contribution < 1.29 is 27.9 Å². The molecule has 1 heterocycles. The van der Waals surface area contributed by atoms with E-state index in [-0.39, 0.29) is 40.8 Å². The van der Waals surface area contributed by atoms with E-state index in [4.69, 9.17) is 27.6 Å². The number of alkyl halides is 1. The molecule has 12 heteroatoms. The summed E-state index contributed by atoms with van der Waals surface area (Å²) in [6.07, 6.45) is 2.08. The number of aliphatic hydroxyl groups is 1. The zero-order chi connectivity index (χ0) is 25.0. The van der Waals surface area contributed by atoms with Gasteiger partial charge in [-0.15, -0.1) is 10.2 Å². The number of nitrogens with zero attached hydrogens (tertiary/aromatic N) is 2. The summed E-state index contributed by atoms with van der Waals surface area (Å²) < 4.78 is 35.0. The van der Waals surface area contributed by atoms with Crippen molar-refractivity contribution in [2.45, 2.75) is 68.8 Å². The molecule has 3 aliphatic carbocycles. The molecule has 8 nitrogen and oxygen atoms in total. The molecular formula is C23H24Cl2F2N4O4. The van der Waals surface area contributed by atoms with Gasteiger partial charge in [-0.1, -0.05) is 23.2 Å². The highest BCUT2D eigenvalue weighted by Gasteiger charge is 2.59. The summed E-state index contributed by atoms with van der Waals surface area (Å²) in [5.41, 5.74) is -1.97. The molecule has 3 saturated carbocycles. The molecule has 1 aromatic heterocycles. The number of halogens is 4. The second-order valence-electron chi connectivity index (χ2n) is 9.95. The van der Waals surface area contributed by atoms with Crippen molar-refractivity contribution in [3.63, 3.8) is 0 Å². The molecular weight excluding hydrogens is 505 g/mol. The van der Waals surface area contributed by atoms with E-state index in [1.54, 1.807) is 0 Å². The number of hydrogen-bond donors (Lipinski definition) is 3. The monoisotopic (exact) mass is 528 g/mol. The molecule has 5 rings (SSSR count). The fraction of sp³-hybridized carbons (Fsp3) is 0.565. The van der Waals surface area contributed by atoms with Crippen molar-refractivity contribution in [2.24, 2.45) is 11.3 Å². The van der Waals surface area contributed by atoms with Gasteiger partial charge in [0, 0.05) is 11.5 Å². The number of hydrogen-bond acceptors (Lipinski definition) is 6. The Bertz CT molecular complexity index is 1140. The van der Waals surface area contributed by atoms with Crippen LogP contribution in [0.2, 0.25) is 10.0 Å². The standard InChI is InChI=1S/C23H24Cl2F2N4O4/c24-12-1-2-13(26)16(17(12)25)18(22-3-5-23(27,9-22)6-4-22)30-19(33)11-7-14(15(32)8-11)29-20(34)21-31-28-10-35-21/h1-2,10-11,14-15,18,32H,3-9H2,(H,29,34)(H,30,33)/t11-,14-,15+,18+,22?,23?/m0/s1. The molecule has 4 atom stereocenters. The number of nitrogens with one attached hydrogen (secondary N) is 2. The smallest absolute Gasteiger partial charge is 0.309 e. The van der Waals surface area contributed by atoms with Crippen molar-refractivity contribution in [3.05, 3.63) is 45.8 Å². The van der Waals surface area contributed by atoms with E-state index in [1.165, 1.54) is 12.1 Å². The van der Waals surface area contributed by atoms with Crippen LogP contribution in [0.3, 0.4) is 0 Å². The molecule has 1 aromatic carbocycles. The van der Waals surface area contributed by atoms with Crippen LogP contribution in [0.25, 0.3) is 0 Å². The van der Waals surface area contributed by atoms with Gasteiger partial charge in [-0.25, -0.2) is 8.78 Å². The lowest BCUT2D eigenvalue weighted by Crippen LogP contribution is -2.42. The fourth-order valence-electron chi connectivity index (χ4n) is 6.06. The minimum Gasteiger partial charge on any atom is -0.420 e. The topological polar surface area (TPSA) is 117 Å². The summed E-state index contributed by atoms with van der Waals surface area (Å²) in [7, 11) is 0. The predicted octanol–water partition coefficient (Wildman–Crippen LogP) is 3.91. The predicted molar refractivity (Wildman–Crippen MR) is 121 cm³/mol. The van der Waals surface area contributed by atoms with Gasteiger partial charge in [-0.05, 0) is 62.5 Å². The van der Waals surface area contributed by atoms with E-state index >= 15 is 8.78 Å². The second kappa shape index (κ2) is 8.97. The third-order valence-corrected chi connectivity index (χ3v) is 8.67. The number of rotatable bonds is 6. The molecule has 2 aromatic rings. The second-order valence-corrected chi connectivity index (χ2v) is 10.7. The molecule has 2 bridgehead atoms. The lowest BCUT2D eigenvalue weighted by molar-refractivity contribution is -0.127. The van der Waals surface area contributed by atoms with Crippen LogP contribution in [-0.2, 0) is 4.79 Å². The van der Waals surface area contributed by atoms with Gasteiger partial charge in [0.25, 0.3) is 0 Å². The molecule has 0 unspecified atom stereocenters. The molecule has 0 aliphatic heterocycles. The highest BCUT2D eigenvalue weighted by Crippen LogP contribution is 2.64. The maximum Gasteiger partial charge on any atom is 0.309 e. The highest BCUT2D eigenvalue weighted by atomic mass is 35.5. The van der Waals surface area contributed by atoms with Crippen LogP contribution in [0.1, 0.15) is 67.2 Å². The Kier molecular flexibility index (Phi) is 6.26. The maximum absolute atomic E-state index is 15.1. The number of fused-ring (bicyclic) bond motifs is 2. The number of aromatic nitrogens is 2. The Balaban J connectivity index is 1.37. The number of benzene rings is 1. The van der Waals surface area contributed by atoms with Crippen molar-refractivity contribution in [2.75, 3.05) is 0 Å². The Hall–Kier alpha value is -2.30. The van der Waals surface area contributed by atoms with E-state index in [2.05, 4.69) is 20.8 Å². The Morgan fingerprint density at radius 2 is 1.94 bits per heavy atom. The molecule has 188 valence electrons. The van der Waals surface area contributed by atoms with Crippen molar-refractivity contribution in [3.8, 4) is 0 Å². The first-order chi connectivity index (χ1) is 16.6. The Labute approximate surface area is 209 Å². The molecule has 2 amide bonds. The average Bonchev–Trinajstić information content (AvgIpc) is 3.60. The van der Waals surface area contributed by atoms with E-state index in [0.29, 0.717) is 25.7 Å². The molecule has 0 saturated heterocycles. The summed E-state index contributed by atoms with van der Waals surface area (Å²) >= 11 is 12.6. The molecule has 3 fully saturated rings. The van der Waals surface area contributed by atoms with Crippen molar-refractivity contribution in [1.82, 2.24) is 20.8 Å². The lowest BCUT2D eigenvalue weighted by Gasteiger charge is -2.38. The molecule has 3 N–H and O–H groups in total. The van der Waals surface area contributed by atoms with Gasteiger partial charge in [-0.3, -0.25) is 9.59 Å². The SMILES string of the molecule is O=C(N[C@H]1C[C@H](C(=O)N[C@H](c2c(F)ccc(Cl)c2Cl)C23CCC(F)(CC2)C3)C[C@H]1O)c1nnco1. The van der Waals surface area contributed by atoms with Crippen LogP contribution in [0, 0.1) is 17.2 Å². The summed E-state index contributed by atoms with van der Waals surface area (Å²) in [6, 6.07) is 0.926. The first kappa shape index (κ1) is 24.4. The Morgan fingerprint density at radius 1 is 1.20 bits per heavy atom. The summed E-state index contributed by atoms with van der Waals surface area (Å²) in [4.78, 5) is 25.6. The Morgan fingerprint density at radius 3 is 2.57 bits per heavy atom. The van der Waals surface area contributed by atoms with E-state index in [1.807, 2.05) is 0 Å².